The smallest absolute Gasteiger partial charge is 0.167 e. The van der Waals surface area contributed by atoms with Gasteiger partial charge in [-0.25, -0.2) is 4.98 Å². The average Bonchev–Trinajstić information content (AvgIpc) is 3.34. The van der Waals surface area contributed by atoms with Crippen molar-refractivity contribution in [1.29, 1.82) is 5.26 Å². The number of benzene rings is 1. The van der Waals surface area contributed by atoms with E-state index in [2.05, 4.69) is 33.0 Å². The number of imidazole rings is 1. The van der Waals surface area contributed by atoms with Crippen molar-refractivity contribution in [2.75, 3.05) is 19.6 Å². The lowest BCUT2D eigenvalue weighted by Gasteiger charge is -2.33. The molecule has 0 radical (unpaired) electrons. The van der Waals surface area contributed by atoms with E-state index in [0.29, 0.717) is 24.7 Å². The topological polar surface area (TPSA) is 91.1 Å². The van der Waals surface area contributed by atoms with E-state index in [4.69, 9.17) is 9.78 Å². The molecule has 29 heavy (non-hydrogen) atoms. The van der Waals surface area contributed by atoms with E-state index in [1.54, 1.807) is 13.1 Å². The van der Waals surface area contributed by atoms with Gasteiger partial charge in [-0.2, -0.15) is 5.26 Å². The minimum absolute atomic E-state index is 0.162. The Morgan fingerprint density at radius 3 is 2.83 bits per heavy atom. The number of likely N-dealkylation sites (tertiary alicyclic amines) is 1. The van der Waals surface area contributed by atoms with Crippen molar-refractivity contribution in [2.45, 2.75) is 19.6 Å². The molecule has 1 N–H and O–H groups in total. The maximum atomic E-state index is 9.76. The third-order valence-corrected chi connectivity index (χ3v) is 4.86. The fourth-order valence-corrected chi connectivity index (χ4v) is 3.27. The second kappa shape index (κ2) is 8.32. The summed E-state index contributed by atoms with van der Waals surface area (Å²) in [5, 5.41) is 22.7. The van der Waals surface area contributed by atoms with Crippen LogP contribution in [0.4, 0.5) is 0 Å². The maximum Gasteiger partial charge on any atom is 0.167 e. The largest absolute Gasteiger partial charge is 0.385 e. The van der Waals surface area contributed by atoms with Crippen LogP contribution in [0.1, 0.15) is 30.1 Å². The van der Waals surface area contributed by atoms with E-state index in [0.717, 1.165) is 29.9 Å². The lowest BCUT2D eigenvalue weighted by Crippen LogP contribution is -2.45. The summed E-state index contributed by atoms with van der Waals surface area (Å²) in [6, 6.07) is 12.0. The van der Waals surface area contributed by atoms with Gasteiger partial charge in [-0.05, 0) is 31.2 Å². The third-order valence-electron chi connectivity index (χ3n) is 4.86. The summed E-state index contributed by atoms with van der Waals surface area (Å²) in [6.45, 7) is 4.49. The molecule has 4 rings (SSSR count). The molecule has 1 aliphatic rings. The summed E-state index contributed by atoms with van der Waals surface area (Å²) < 4.78 is 7.33. The molecular weight excluding hydrogens is 366 g/mol. The van der Waals surface area contributed by atoms with Crippen molar-refractivity contribution in [3.8, 4) is 29.2 Å². The number of nitrogens with zero attached hydrogens (tertiary/aromatic N) is 5. The van der Waals surface area contributed by atoms with Crippen LogP contribution < -0.4 is 0 Å². The first-order valence-electron chi connectivity index (χ1n) is 9.48. The van der Waals surface area contributed by atoms with Crippen LogP contribution in [0.3, 0.4) is 0 Å². The summed E-state index contributed by atoms with van der Waals surface area (Å²) in [5.41, 5.74) is 2.62. The molecule has 1 atom stereocenters. The predicted molar refractivity (Wildman–Crippen MR) is 106 cm³/mol. The summed E-state index contributed by atoms with van der Waals surface area (Å²) >= 11 is 0. The second-order valence-electron chi connectivity index (χ2n) is 7.17. The van der Waals surface area contributed by atoms with Gasteiger partial charge >= 0.3 is 0 Å². The van der Waals surface area contributed by atoms with Crippen LogP contribution in [0.15, 0.2) is 47.2 Å². The number of hydrogen-bond donors (Lipinski definition) is 1. The number of rotatable bonds is 5. The molecule has 0 unspecified atom stereocenters. The molecule has 3 heterocycles. The van der Waals surface area contributed by atoms with E-state index < -0.39 is 6.10 Å². The molecule has 7 nitrogen and oxygen atoms in total. The number of hydrogen-bond acceptors (Lipinski definition) is 6. The number of aromatic nitrogens is 3. The van der Waals surface area contributed by atoms with Gasteiger partial charge in [0.15, 0.2) is 5.76 Å². The van der Waals surface area contributed by atoms with Crippen molar-refractivity contribution in [1.82, 2.24) is 19.6 Å². The molecule has 1 saturated heterocycles. The van der Waals surface area contributed by atoms with E-state index >= 15 is 0 Å². The van der Waals surface area contributed by atoms with Crippen LogP contribution in [0.2, 0.25) is 0 Å². The van der Waals surface area contributed by atoms with Crippen LogP contribution in [0, 0.1) is 29.1 Å². The molecular formula is C22H21N5O2. The fraction of sp³-hybridized carbons (Fsp3) is 0.318. The van der Waals surface area contributed by atoms with Gasteiger partial charge in [0.2, 0.25) is 0 Å². The molecule has 0 saturated carbocycles. The van der Waals surface area contributed by atoms with Crippen LogP contribution in [0.25, 0.3) is 11.3 Å². The van der Waals surface area contributed by atoms with Gasteiger partial charge in [-0.3, -0.25) is 4.90 Å². The third kappa shape index (κ3) is 4.38. The Balaban J connectivity index is 1.37. The molecule has 0 bridgehead atoms. The van der Waals surface area contributed by atoms with E-state index in [9.17, 15) is 5.11 Å². The zero-order valence-electron chi connectivity index (χ0n) is 16.1. The Hall–Kier alpha value is -3.39. The average molecular weight is 387 g/mol. The van der Waals surface area contributed by atoms with Crippen molar-refractivity contribution >= 4 is 0 Å². The highest BCUT2D eigenvalue weighted by atomic mass is 16.5. The first kappa shape index (κ1) is 18.9. The lowest BCUT2D eigenvalue weighted by molar-refractivity contribution is 0.156. The number of nitriles is 1. The molecule has 0 amide bonds. The molecule has 2 aromatic heterocycles. The Bertz CT molecular complexity index is 1070. The summed E-state index contributed by atoms with van der Waals surface area (Å²) in [4.78, 5) is 6.32. The van der Waals surface area contributed by atoms with Gasteiger partial charge in [-0.15, -0.1) is 0 Å². The molecule has 3 aromatic rings. The van der Waals surface area contributed by atoms with Crippen LogP contribution in [-0.4, -0.2) is 44.3 Å². The second-order valence-corrected chi connectivity index (χ2v) is 7.17. The van der Waals surface area contributed by atoms with Crippen LogP contribution in [-0.2, 0) is 6.54 Å². The van der Waals surface area contributed by atoms with Gasteiger partial charge in [0, 0.05) is 42.7 Å². The molecule has 1 aromatic carbocycles. The predicted octanol–water partition coefficient (Wildman–Crippen LogP) is 2.45. The van der Waals surface area contributed by atoms with E-state index in [1.807, 2.05) is 41.1 Å². The molecule has 0 spiro atoms. The minimum Gasteiger partial charge on any atom is -0.385 e. The first-order valence-corrected chi connectivity index (χ1v) is 9.48. The zero-order chi connectivity index (χ0) is 20.2. The van der Waals surface area contributed by atoms with Gasteiger partial charge in [0.05, 0.1) is 25.1 Å². The van der Waals surface area contributed by atoms with Gasteiger partial charge in [-0.1, -0.05) is 17.0 Å². The Morgan fingerprint density at radius 1 is 1.31 bits per heavy atom. The number of aliphatic hydroxyl groups excluding tert-OH is 1. The zero-order valence-corrected chi connectivity index (χ0v) is 16.1. The molecule has 1 fully saturated rings. The minimum atomic E-state index is -0.640. The van der Waals surface area contributed by atoms with Crippen LogP contribution in [0.5, 0.6) is 0 Å². The highest BCUT2D eigenvalue weighted by Gasteiger charge is 2.24. The molecule has 1 aliphatic heterocycles. The summed E-state index contributed by atoms with van der Waals surface area (Å²) in [6.07, 6.45) is 2.83. The fourth-order valence-electron chi connectivity index (χ4n) is 3.27. The van der Waals surface area contributed by atoms with Gasteiger partial charge in [0.25, 0.3) is 0 Å². The highest BCUT2D eigenvalue weighted by molar-refractivity contribution is 5.59. The van der Waals surface area contributed by atoms with Gasteiger partial charge in [0.1, 0.15) is 17.6 Å². The van der Waals surface area contributed by atoms with Crippen molar-refractivity contribution in [2.24, 2.45) is 5.92 Å². The van der Waals surface area contributed by atoms with E-state index in [1.165, 1.54) is 0 Å². The summed E-state index contributed by atoms with van der Waals surface area (Å²) in [7, 11) is 0. The quantitative estimate of drug-likeness (QED) is 0.676. The summed E-state index contributed by atoms with van der Waals surface area (Å²) in [5.74, 6) is 7.74. The maximum absolute atomic E-state index is 9.76. The normalized spacial score (nSPS) is 15.2. The van der Waals surface area contributed by atoms with Crippen LogP contribution >= 0.6 is 0 Å². The number of aliphatic hydroxyl groups is 1. The lowest BCUT2D eigenvalue weighted by atomic mass is 10.0. The molecule has 146 valence electrons. The van der Waals surface area contributed by atoms with E-state index in [-0.39, 0.29) is 5.92 Å². The van der Waals surface area contributed by atoms with Crippen molar-refractivity contribution < 1.29 is 9.63 Å². The monoisotopic (exact) mass is 387 g/mol. The molecule has 7 heteroatoms. The highest BCUT2D eigenvalue weighted by Crippen LogP contribution is 2.22. The Labute approximate surface area is 169 Å². The van der Waals surface area contributed by atoms with Crippen molar-refractivity contribution in [3.05, 3.63) is 59.8 Å². The Morgan fingerprint density at radius 2 is 2.10 bits per heavy atom. The van der Waals surface area contributed by atoms with Gasteiger partial charge < -0.3 is 14.2 Å². The Kier molecular flexibility index (Phi) is 5.44. The van der Waals surface area contributed by atoms with Crippen molar-refractivity contribution in [3.63, 3.8) is 0 Å². The first-order chi connectivity index (χ1) is 14.1. The standard InChI is InChI=1S/C22H21N5O2/c1-16(28)22-24-8-10-27(22)15-20-11-21(29-25-20)19-6-4-17(5-7-19)3-2-9-26-13-18(12-23)14-26/h4-8,10-11,16,18,28H,9,13-15H2,1H3/t16-/m0/s1. The SMILES string of the molecule is C[C@H](O)c1nccn1Cc1cc(-c2ccc(C#CCN3CC(C#N)C3)cc2)on1. The molecule has 0 aliphatic carbocycles.